The first kappa shape index (κ1) is 16.1. The zero-order chi connectivity index (χ0) is 17.9. The van der Waals surface area contributed by atoms with E-state index >= 15 is 0 Å². The van der Waals surface area contributed by atoms with E-state index in [2.05, 4.69) is 25.8 Å². The number of aryl methyl sites for hydroxylation is 1. The number of nitrogens with one attached hydrogen (secondary N) is 1. The number of anilines is 1. The van der Waals surface area contributed by atoms with Crippen molar-refractivity contribution in [2.45, 2.75) is 6.92 Å². The van der Waals surface area contributed by atoms with Gasteiger partial charge in [0.25, 0.3) is 5.91 Å². The Kier molecular flexibility index (Phi) is 4.24. The lowest BCUT2D eigenvalue weighted by molar-refractivity contribution is 0.102. The fourth-order valence-corrected chi connectivity index (χ4v) is 3.20. The standard InChI is InChI=1S/C18H14N6OS/c1-12-6-8-13(9-7-12)15-10-26-18(20-15)21-17(25)14-4-2-3-5-16(14)24-11-19-22-23-24/h2-11H,1H3,(H,20,21,25). The van der Waals surface area contributed by atoms with Crippen molar-refractivity contribution in [1.82, 2.24) is 25.2 Å². The number of hydrogen-bond donors (Lipinski definition) is 1. The summed E-state index contributed by atoms with van der Waals surface area (Å²) in [5.74, 6) is -0.263. The highest BCUT2D eigenvalue weighted by atomic mass is 32.1. The minimum absolute atomic E-state index is 0.263. The Morgan fingerprint density at radius 3 is 2.69 bits per heavy atom. The van der Waals surface area contributed by atoms with Crippen LogP contribution >= 0.6 is 11.3 Å². The van der Waals surface area contributed by atoms with Crippen LogP contribution in [-0.2, 0) is 0 Å². The first-order valence-corrected chi connectivity index (χ1v) is 8.75. The molecule has 0 radical (unpaired) electrons. The summed E-state index contributed by atoms with van der Waals surface area (Å²) in [6.07, 6.45) is 1.45. The number of aromatic nitrogens is 5. The summed E-state index contributed by atoms with van der Waals surface area (Å²) in [5, 5.41) is 16.4. The molecule has 0 atom stereocenters. The van der Waals surface area contributed by atoms with Crippen LogP contribution in [0.2, 0.25) is 0 Å². The van der Waals surface area contributed by atoms with Gasteiger partial charge in [-0.3, -0.25) is 10.1 Å². The zero-order valence-electron chi connectivity index (χ0n) is 13.8. The Morgan fingerprint density at radius 2 is 1.92 bits per heavy atom. The smallest absolute Gasteiger partial charge is 0.259 e. The van der Waals surface area contributed by atoms with Gasteiger partial charge in [0.15, 0.2) is 5.13 Å². The Hall–Kier alpha value is -3.39. The van der Waals surface area contributed by atoms with E-state index in [1.807, 2.05) is 42.6 Å². The molecule has 7 nitrogen and oxygen atoms in total. The van der Waals surface area contributed by atoms with Crippen LogP contribution in [-0.4, -0.2) is 31.1 Å². The average molecular weight is 362 g/mol. The second kappa shape index (κ2) is 6.85. The summed E-state index contributed by atoms with van der Waals surface area (Å²) in [6.45, 7) is 2.04. The van der Waals surface area contributed by atoms with Crippen LogP contribution in [0.5, 0.6) is 0 Å². The fourth-order valence-electron chi connectivity index (χ4n) is 2.49. The van der Waals surface area contributed by atoms with E-state index in [9.17, 15) is 4.79 Å². The van der Waals surface area contributed by atoms with Crippen molar-refractivity contribution < 1.29 is 4.79 Å². The molecule has 0 saturated carbocycles. The number of amides is 1. The number of nitrogens with zero attached hydrogens (tertiary/aromatic N) is 5. The summed E-state index contributed by atoms with van der Waals surface area (Å²) in [6, 6.07) is 15.2. The number of thiazole rings is 1. The Morgan fingerprint density at radius 1 is 1.12 bits per heavy atom. The molecule has 4 rings (SSSR count). The zero-order valence-corrected chi connectivity index (χ0v) is 14.6. The van der Waals surface area contributed by atoms with Crippen LogP contribution in [0, 0.1) is 6.92 Å². The van der Waals surface area contributed by atoms with Gasteiger partial charge in [-0.25, -0.2) is 4.98 Å². The molecule has 0 spiro atoms. The molecule has 1 amide bonds. The Bertz CT molecular complexity index is 1040. The van der Waals surface area contributed by atoms with Crippen molar-refractivity contribution in [3.8, 4) is 16.9 Å². The summed E-state index contributed by atoms with van der Waals surface area (Å²) in [5.41, 5.74) is 4.11. The van der Waals surface area contributed by atoms with Crippen molar-refractivity contribution in [1.29, 1.82) is 0 Å². The molecule has 26 heavy (non-hydrogen) atoms. The predicted molar refractivity (Wildman–Crippen MR) is 99.4 cm³/mol. The third kappa shape index (κ3) is 3.22. The molecule has 0 aliphatic rings. The van der Waals surface area contributed by atoms with Crippen molar-refractivity contribution in [2.75, 3.05) is 5.32 Å². The van der Waals surface area contributed by atoms with E-state index in [1.54, 1.807) is 18.2 Å². The quantitative estimate of drug-likeness (QED) is 0.602. The second-order valence-corrected chi connectivity index (χ2v) is 6.49. The molecule has 2 heterocycles. The van der Waals surface area contributed by atoms with Gasteiger partial charge < -0.3 is 0 Å². The number of carbonyl (C=O) groups is 1. The molecule has 0 bridgehead atoms. The maximum atomic E-state index is 12.7. The lowest BCUT2D eigenvalue weighted by Crippen LogP contribution is -2.15. The van der Waals surface area contributed by atoms with Crippen molar-refractivity contribution in [2.24, 2.45) is 0 Å². The third-order valence-corrected chi connectivity index (χ3v) is 4.57. The van der Waals surface area contributed by atoms with E-state index in [-0.39, 0.29) is 5.91 Å². The van der Waals surface area contributed by atoms with Crippen LogP contribution in [0.3, 0.4) is 0 Å². The number of rotatable bonds is 4. The SMILES string of the molecule is Cc1ccc(-c2csc(NC(=O)c3ccccc3-n3cnnn3)n2)cc1. The first-order chi connectivity index (χ1) is 12.7. The molecule has 4 aromatic rings. The van der Waals surface area contributed by atoms with Gasteiger partial charge in [0.1, 0.15) is 6.33 Å². The van der Waals surface area contributed by atoms with Crippen LogP contribution in [0.25, 0.3) is 16.9 Å². The van der Waals surface area contributed by atoms with Gasteiger partial charge in [0.05, 0.1) is 16.9 Å². The molecule has 0 aliphatic carbocycles. The predicted octanol–water partition coefficient (Wildman–Crippen LogP) is 3.35. The molecule has 8 heteroatoms. The van der Waals surface area contributed by atoms with Crippen molar-refractivity contribution in [3.63, 3.8) is 0 Å². The van der Waals surface area contributed by atoms with E-state index < -0.39 is 0 Å². The van der Waals surface area contributed by atoms with Gasteiger partial charge in [-0.05, 0) is 29.5 Å². The van der Waals surface area contributed by atoms with Gasteiger partial charge in [-0.15, -0.1) is 16.4 Å². The summed E-state index contributed by atoms with van der Waals surface area (Å²) in [7, 11) is 0. The molecule has 2 aromatic heterocycles. The maximum Gasteiger partial charge on any atom is 0.259 e. The monoisotopic (exact) mass is 362 g/mol. The van der Waals surface area contributed by atoms with Gasteiger partial charge in [-0.1, -0.05) is 42.0 Å². The van der Waals surface area contributed by atoms with Crippen molar-refractivity contribution >= 4 is 22.4 Å². The summed E-state index contributed by atoms with van der Waals surface area (Å²) < 4.78 is 1.45. The third-order valence-electron chi connectivity index (χ3n) is 3.82. The molecule has 1 N–H and O–H groups in total. The number of benzene rings is 2. The highest BCUT2D eigenvalue weighted by molar-refractivity contribution is 7.14. The van der Waals surface area contributed by atoms with E-state index in [0.717, 1.165) is 11.3 Å². The summed E-state index contributed by atoms with van der Waals surface area (Å²) in [4.78, 5) is 17.2. The van der Waals surface area contributed by atoms with E-state index in [0.29, 0.717) is 16.4 Å². The van der Waals surface area contributed by atoms with Crippen LogP contribution in [0.1, 0.15) is 15.9 Å². The second-order valence-electron chi connectivity index (χ2n) is 5.63. The number of carbonyl (C=O) groups excluding carboxylic acids is 1. The number of para-hydroxylation sites is 1. The topological polar surface area (TPSA) is 85.6 Å². The summed E-state index contributed by atoms with van der Waals surface area (Å²) >= 11 is 1.38. The van der Waals surface area contributed by atoms with E-state index in [1.165, 1.54) is 27.9 Å². The normalized spacial score (nSPS) is 10.7. The molecular weight excluding hydrogens is 348 g/mol. The number of hydrogen-bond acceptors (Lipinski definition) is 6. The highest BCUT2D eigenvalue weighted by Crippen LogP contribution is 2.26. The molecule has 128 valence electrons. The maximum absolute atomic E-state index is 12.7. The van der Waals surface area contributed by atoms with Crippen LogP contribution in [0.4, 0.5) is 5.13 Å². The lowest BCUT2D eigenvalue weighted by atomic mass is 10.1. The molecule has 0 unspecified atom stereocenters. The largest absolute Gasteiger partial charge is 0.298 e. The van der Waals surface area contributed by atoms with Crippen molar-refractivity contribution in [3.05, 3.63) is 71.4 Å². The minimum atomic E-state index is -0.263. The van der Waals surface area contributed by atoms with Crippen LogP contribution in [0.15, 0.2) is 60.2 Å². The van der Waals surface area contributed by atoms with Crippen LogP contribution < -0.4 is 5.32 Å². The fraction of sp³-hybridized carbons (Fsp3) is 0.0556. The van der Waals surface area contributed by atoms with Gasteiger partial charge in [0, 0.05) is 10.9 Å². The molecule has 2 aromatic carbocycles. The minimum Gasteiger partial charge on any atom is -0.298 e. The van der Waals surface area contributed by atoms with Gasteiger partial charge >= 0.3 is 0 Å². The van der Waals surface area contributed by atoms with Gasteiger partial charge in [-0.2, -0.15) is 4.68 Å². The van der Waals surface area contributed by atoms with E-state index in [4.69, 9.17) is 0 Å². The van der Waals surface area contributed by atoms with Gasteiger partial charge in [0.2, 0.25) is 0 Å². The molecule has 0 fully saturated rings. The Labute approximate surface area is 153 Å². The average Bonchev–Trinajstić information content (AvgIpc) is 3.34. The molecule has 0 aliphatic heterocycles. The molecule has 0 saturated heterocycles. The highest BCUT2D eigenvalue weighted by Gasteiger charge is 2.15. The number of tetrazole rings is 1. The lowest BCUT2D eigenvalue weighted by Gasteiger charge is -2.07. The first-order valence-electron chi connectivity index (χ1n) is 7.87. The Balaban J connectivity index is 1.57. The molecular formula is C18H14N6OS.